The first-order chi connectivity index (χ1) is 19.1. The molecule has 3 rings (SSSR count). The molecule has 0 aromatic heterocycles. The summed E-state index contributed by atoms with van der Waals surface area (Å²) in [6, 6.07) is 21.4. The van der Waals surface area contributed by atoms with E-state index in [1.54, 1.807) is 26.0 Å². The SMILES string of the molecule is CC(C)ON(CC(=O)NO[Si](C)(C)C(C)(C)C)S(=O)(=O)c1ccc(-c2ccc(OCc3ccc(Cl)cc3)cc2)cc1. The van der Waals surface area contributed by atoms with Crippen molar-refractivity contribution in [1.82, 2.24) is 9.95 Å². The maximum atomic E-state index is 13.4. The quantitative estimate of drug-likeness (QED) is 0.174. The molecule has 0 aliphatic rings. The lowest BCUT2D eigenvalue weighted by molar-refractivity contribution is -0.148. The van der Waals surface area contributed by atoms with Gasteiger partial charge in [0.15, 0.2) is 0 Å². The smallest absolute Gasteiger partial charge is 0.265 e. The Kier molecular flexibility index (Phi) is 10.8. The van der Waals surface area contributed by atoms with Gasteiger partial charge in [0.25, 0.3) is 15.9 Å². The third-order valence-electron chi connectivity index (χ3n) is 6.75. The first kappa shape index (κ1) is 32.8. The van der Waals surface area contributed by atoms with Gasteiger partial charge in [-0.3, -0.25) is 9.63 Å². The number of hydrogen-bond acceptors (Lipinski definition) is 6. The van der Waals surface area contributed by atoms with Gasteiger partial charge in [-0.1, -0.05) is 73.2 Å². The lowest BCUT2D eigenvalue weighted by Gasteiger charge is -2.35. The molecule has 0 radical (unpaired) electrons. The molecule has 3 aromatic rings. The second kappa shape index (κ2) is 13.5. The van der Waals surface area contributed by atoms with Crippen molar-refractivity contribution in [3.05, 3.63) is 83.4 Å². The van der Waals surface area contributed by atoms with E-state index in [4.69, 9.17) is 25.7 Å². The van der Waals surface area contributed by atoms with Gasteiger partial charge >= 0.3 is 0 Å². The summed E-state index contributed by atoms with van der Waals surface area (Å²) in [5.41, 5.74) is 5.16. The normalized spacial score (nSPS) is 12.5. The molecule has 222 valence electrons. The van der Waals surface area contributed by atoms with Crippen molar-refractivity contribution >= 4 is 35.8 Å². The molecule has 3 aromatic carbocycles. The Morgan fingerprint density at radius 2 is 1.46 bits per heavy atom. The molecule has 11 heteroatoms. The highest BCUT2D eigenvalue weighted by Gasteiger charge is 2.39. The lowest BCUT2D eigenvalue weighted by atomic mass is 10.1. The summed E-state index contributed by atoms with van der Waals surface area (Å²) in [6.45, 7) is 13.3. The highest BCUT2D eigenvalue weighted by atomic mass is 35.5. The van der Waals surface area contributed by atoms with Crippen LogP contribution in [0.4, 0.5) is 0 Å². The van der Waals surface area contributed by atoms with E-state index < -0.39 is 36.9 Å². The molecule has 0 aliphatic carbocycles. The van der Waals surface area contributed by atoms with Crippen molar-refractivity contribution in [2.75, 3.05) is 6.54 Å². The minimum Gasteiger partial charge on any atom is -0.489 e. The number of nitrogens with zero attached hydrogens (tertiary/aromatic N) is 1. The van der Waals surface area contributed by atoms with Gasteiger partial charge in [0.05, 0.1) is 11.0 Å². The summed E-state index contributed by atoms with van der Waals surface area (Å²) in [6.07, 6.45) is -0.474. The van der Waals surface area contributed by atoms with Crippen LogP contribution in [0.2, 0.25) is 23.2 Å². The molecule has 0 spiro atoms. The number of hydrogen-bond donors (Lipinski definition) is 1. The molecule has 41 heavy (non-hydrogen) atoms. The van der Waals surface area contributed by atoms with Crippen molar-refractivity contribution in [2.24, 2.45) is 0 Å². The van der Waals surface area contributed by atoms with Crippen LogP contribution in [0.1, 0.15) is 40.2 Å². The van der Waals surface area contributed by atoms with Crippen molar-refractivity contribution in [3.8, 4) is 16.9 Å². The maximum absolute atomic E-state index is 13.4. The van der Waals surface area contributed by atoms with Crippen molar-refractivity contribution in [1.29, 1.82) is 0 Å². The monoisotopic (exact) mass is 618 g/mol. The first-order valence-corrected chi connectivity index (χ1v) is 18.1. The van der Waals surface area contributed by atoms with Gasteiger partial charge < -0.3 is 9.26 Å². The highest BCUT2D eigenvalue weighted by molar-refractivity contribution is 7.89. The average molecular weight is 619 g/mol. The standard InChI is InChI=1S/C30H39ClN2O6SSi/c1-22(2)38-33(20-29(34)32-39-41(6,7)30(3,4)5)40(35,36)28-18-12-25(13-19-28)24-10-16-27(17-11-24)37-21-23-8-14-26(31)15-9-23/h8-19,22H,20-21H2,1-7H3,(H,32,34). The molecule has 1 N–H and O–H groups in total. The Balaban J connectivity index is 1.68. The molecule has 8 nitrogen and oxygen atoms in total. The third-order valence-corrected chi connectivity index (χ3v) is 12.8. The number of halogens is 1. The molecule has 0 aliphatic heterocycles. The Labute approximate surface area is 249 Å². The summed E-state index contributed by atoms with van der Waals surface area (Å²) in [4.78, 5) is 18.2. The van der Waals surface area contributed by atoms with E-state index in [9.17, 15) is 13.2 Å². The zero-order valence-electron chi connectivity index (χ0n) is 24.6. The fraction of sp³-hybridized carbons (Fsp3) is 0.367. The molecule has 0 saturated heterocycles. The van der Waals surface area contributed by atoms with Crippen LogP contribution >= 0.6 is 11.6 Å². The van der Waals surface area contributed by atoms with Crippen LogP contribution in [0.5, 0.6) is 5.75 Å². The number of ether oxygens (including phenoxy) is 1. The predicted molar refractivity (Wildman–Crippen MR) is 164 cm³/mol. The van der Waals surface area contributed by atoms with E-state index in [-0.39, 0.29) is 9.93 Å². The fourth-order valence-corrected chi connectivity index (χ4v) is 5.42. The summed E-state index contributed by atoms with van der Waals surface area (Å²) in [7, 11) is -6.42. The Morgan fingerprint density at radius 3 is 1.98 bits per heavy atom. The van der Waals surface area contributed by atoms with Crippen LogP contribution in [0.15, 0.2) is 77.7 Å². The van der Waals surface area contributed by atoms with Crippen molar-refractivity contribution in [3.63, 3.8) is 0 Å². The summed E-state index contributed by atoms with van der Waals surface area (Å²) >= 11 is 5.93. The number of amides is 1. The van der Waals surface area contributed by atoms with Gasteiger partial charge in [-0.15, -0.1) is 0 Å². The van der Waals surface area contributed by atoms with Crippen LogP contribution < -0.4 is 10.2 Å². The Bertz CT molecular complexity index is 1410. The van der Waals surface area contributed by atoms with E-state index in [0.29, 0.717) is 21.8 Å². The number of carbonyl (C=O) groups is 1. The number of nitrogens with one attached hydrogen (secondary N) is 1. The van der Waals surface area contributed by atoms with Crippen molar-refractivity contribution < 1.29 is 27.3 Å². The van der Waals surface area contributed by atoms with Crippen molar-refractivity contribution in [2.45, 2.75) is 70.4 Å². The largest absolute Gasteiger partial charge is 0.489 e. The molecule has 0 bridgehead atoms. The highest BCUT2D eigenvalue weighted by Crippen LogP contribution is 2.36. The molecular formula is C30H39ClN2O6SSi. The zero-order chi connectivity index (χ0) is 30.4. The van der Waals surface area contributed by atoms with E-state index in [2.05, 4.69) is 5.48 Å². The van der Waals surface area contributed by atoms with Gasteiger partial charge in [-0.2, -0.15) is 0 Å². The van der Waals surface area contributed by atoms with Crippen LogP contribution in [0.25, 0.3) is 11.1 Å². The molecule has 0 heterocycles. The number of benzene rings is 3. The third kappa shape index (κ3) is 9.13. The number of hydroxylamine groups is 2. The summed E-state index contributed by atoms with van der Waals surface area (Å²) in [5, 5.41) is 0.543. The number of sulfonamides is 1. The van der Waals surface area contributed by atoms with Crippen LogP contribution in [0.3, 0.4) is 0 Å². The van der Waals surface area contributed by atoms with Gasteiger partial charge in [-0.05, 0) is 85.1 Å². The van der Waals surface area contributed by atoms with Gasteiger partial charge in [-0.25, -0.2) is 13.9 Å². The Morgan fingerprint density at radius 1 is 0.927 bits per heavy atom. The average Bonchev–Trinajstić information content (AvgIpc) is 2.91. The molecular weight excluding hydrogens is 580 g/mol. The van der Waals surface area contributed by atoms with E-state index >= 15 is 0 Å². The second-order valence-electron chi connectivity index (χ2n) is 11.5. The van der Waals surface area contributed by atoms with E-state index in [0.717, 1.165) is 16.7 Å². The number of carbonyl (C=O) groups excluding carboxylic acids is 1. The summed E-state index contributed by atoms with van der Waals surface area (Å²) < 4.78 is 39.2. The minimum absolute atomic E-state index is 0.00272. The lowest BCUT2D eigenvalue weighted by Crippen LogP contribution is -2.49. The first-order valence-electron chi connectivity index (χ1n) is 13.3. The van der Waals surface area contributed by atoms with Gasteiger partial charge in [0.2, 0.25) is 8.32 Å². The molecule has 0 saturated carbocycles. The summed E-state index contributed by atoms with van der Waals surface area (Å²) in [5.74, 6) is 0.0919. The Hall–Kier alpha value is -2.73. The van der Waals surface area contributed by atoms with Crippen LogP contribution in [0, 0.1) is 0 Å². The fourth-order valence-electron chi connectivity index (χ4n) is 3.33. The van der Waals surface area contributed by atoms with Gasteiger partial charge in [0, 0.05) is 5.02 Å². The van der Waals surface area contributed by atoms with Gasteiger partial charge in [0.1, 0.15) is 18.9 Å². The minimum atomic E-state index is -4.14. The topological polar surface area (TPSA) is 94.2 Å². The van der Waals surface area contributed by atoms with Crippen LogP contribution in [-0.4, -0.2) is 39.8 Å². The van der Waals surface area contributed by atoms with E-state index in [1.807, 2.05) is 82.4 Å². The zero-order valence-corrected chi connectivity index (χ0v) is 27.2. The second-order valence-corrected chi connectivity index (χ2v) is 18.5. The maximum Gasteiger partial charge on any atom is 0.265 e. The molecule has 0 unspecified atom stereocenters. The molecule has 1 amide bonds. The van der Waals surface area contributed by atoms with E-state index in [1.165, 1.54) is 12.1 Å². The molecule has 0 atom stereocenters. The predicted octanol–water partition coefficient (Wildman–Crippen LogP) is 6.97. The molecule has 0 fully saturated rings. The number of rotatable bonds is 12. The van der Waals surface area contributed by atoms with Crippen LogP contribution in [-0.2, 0) is 30.8 Å².